The summed E-state index contributed by atoms with van der Waals surface area (Å²) in [4.78, 5) is 0. The first-order valence-corrected chi connectivity index (χ1v) is 5.80. The van der Waals surface area contributed by atoms with Crippen LogP contribution in [0.1, 0.15) is 11.3 Å². The maximum atomic E-state index is 5.59. The Kier molecular flexibility index (Phi) is 3.83. The summed E-state index contributed by atoms with van der Waals surface area (Å²) in [6.45, 7) is 1.57. The van der Waals surface area contributed by atoms with Crippen LogP contribution in [0.5, 0.6) is 5.75 Å². The highest BCUT2D eigenvalue weighted by atomic mass is 16.5. The van der Waals surface area contributed by atoms with E-state index in [9.17, 15) is 0 Å². The lowest BCUT2D eigenvalue weighted by atomic mass is 10.2. The molecule has 0 aliphatic rings. The Labute approximate surface area is 102 Å². The number of aromatic nitrogens is 1. The predicted octanol–water partition coefficient (Wildman–Crippen LogP) is 2.05. The van der Waals surface area contributed by atoms with Crippen molar-refractivity contribution in [1.29, 1.82) is 0 Å². The fourth-order valence-electron chi connectivity index (χ4n) is 1.91. The van der Waals surface area contributed by atoms with Gasteiger partial charge in [-0.05, 0) is 42.8 Å². The number of ether oxygens (including phenoxy) is 1. The Balaban J connectivity index is 2.10. The largest absolute Gasteiger partial charge is 0.497 e. The Morgan fingerprint density at radius 3 is 2.59 bits per heavy atom. The molecule has 0 aliphatic carbocycles. The highest BCUT2D eigenvalue weighted by molar-refractivity contribution is 5.27. The molecule has 2 N–H and O–H groups in total. The van der Waals surface area contributed by atoms with Crippen molar-refractivity contribution in [3.63, 3.8) is 0 Å². The standard InChI is InChI=1S/C14H18N2O/c1-17-14-6-4-12(5-7-14)11-16-10-2-3-13(16)8-9-15/h2-7,10H,8-9,11,15H2,1H3. The molecule has 3 heteroatoms. The van der Waals surface area contributed by atoms with Gasteiger partial charge in [0.2, 0.25) is 0 Å². The van der Waals surface area contributed by atoms with E-state index in [-0.39, 0.29) is 0 Å². The summed E-state index contributed by atoms with van der Waals surface area (Å²) in [5.74, 6) is 0.892. The summed E-state index contributed by atoms with van der Waals surface area (Å²) in [7, 11) is 1.68. The number of hydrogen-bond acceptors (Lipinski definition) is 2. The van der Waals surface area contributed by atoms with Gasteiger partial charge in [0.15, 0.2) is 0 Å². The van der Waals surface area contributed by atoms with Gasteiger partial charge >= 0.3 is 0 Å². The minimum absolute atomic E-state index is 0.687. The van der Waals surface area contributed by atoms with Crippen LogP contribution in [0.2, 0.25) is 0 Å². The van der Waals surface area contributed by atoms with Crippen molar-refractivity contribution < 1.29 is 4.74 Å². The molecule has 1 aromatic heterocycles. The van der Waals surface area contributed by atoms with Gasteiger partial charge in [0.25, 0.3) is 0 Å². The van der Waals surface area contributed by atoms with E-state index in [0.717, 1.165) is 18.7 Å². The minimum atomic E-state index is 0.687. The van der Waals surface area contributed by atoms with Gasteiger partial charge in [-0.2, -0.15) is 0 Å². The molecule has 0 atom stereocenters. The highest BCUT2D eigenvalue weighted by Gasteiger charge is 2.01. The number of methoxy groups -OCH3 is 1. The maximum absolute atomic E-state index is 5.59. The topological polar surface area (TPSA) is 40.2 Å². The summed E-state index contributed by atoms with van der Waals surface area (Å²) in [6.07, 6.45) is 3.01. The van der Waals surface area contributed by atoms with E-state index in [0.29, 0.717) is 6.54 Å². The average molecular weight is 230 g/mol. The summed E-state index contributed by atoms with van der Waals surface area (Å²) in [6, 6.07) is 12.3. The second kappa shape index (κ2) is 5.55. The molecule has 0 radical (unpaired) electrons. The fourth-order valence-corrected chi connectivity index (χ4v) is 1.91. The van der Waals surface area contributed by atoms with Crippen LogP contribution in [0.25, 0.3) is 0 Å². The number of benzene rings is 1. The molecule has 0 fully saturated rings. The van der Waals surface area contributed by atoms with Crippen LogP contribution in [-0.2, 0) is 13.0 Å². The van der Waals surface area contributed by atoms with E-state index in [1.807, 2.05) is 12.1 Å². The number of nitrogens with two attached hydrogens (primary N) is 1. The van der Waals surface area contributed by atoms with E-state index in [4.69, 9.17) is 10.5 Å². The first kappa shape index (κ1) is 11.7. The third kappa shape index (κ3) is 2.88. The molecule has 2 rings (SSSR count). The Morgan fingerprint density at radius 2 is 1.94 bits per heavy atom. The van der Waals surface area contributed by atoms with Crippen LogP contribution >= 0.6 is 0 Å². The van der Waals surface area contributed by atoms with Gasteiger partial charge in [0.05, 0.1) is 7.11 Å². The van der Waals surface area contributed by atoms with Gasteiger partial charge in [0, 0.05) is 18.4 Å². The molecule has 0 aliphatic heterocycles. The molecule has 0 unspecified atom stereocenters. The van der Waals surface area contributed by atoms with Crippen LogP contribution < -0.4 is 10.5 Å². The molecule has 90 valence electrons. The van der Waals surface area contributed by atoms with Crippen molar-refractivity contribution in [2.24, 2.45) is 5.73 Å². The number of hydrogen-bond donors (Lipinski definition) is 1. The SMILES string of the molecule is COc1ccc(Cn2cccc2CCN)cc1. The lowest BCUT2D eigenvalue weighted by Gasteiger charge is -2.09. The average Bonchev–Trinajstić information content (AvgIpc) is 2.78. The van der Waals surface area contributed by atoms with Crippen molar-refractivity contribution in [3.05, 3.63) is 53.9 Å². The zero-order valence-electron chi connectivity index (χ0n) is 10.1. The normalized spacial score (nSPS) is 10.5. The van der Waals surface area contributed by atoms with E-state index >= 15 is 0 Å². The third-order valence-electron chi connectivity index (χ3n) is 2.84. The summed E-state index contributed by atoms with van der Waals surface area (Å²) < 4.78 is 7.37. The predicted molar refractivity (Wildman–Crippen MR) is 69.3 cm³/mol. The first-order valence-electron chi connectivity index (χ1n) is 5.80. The van der Waals surface area contributed by atoms with Crippen molar-refractivity contribution in [2.75, 3.05) is 13.7 Å². The molecule has 0 amide bonds. The maximum Gasteiger partial charge on any atom is 0.118 e. The molecule has 1 heterocycles. The Bertz CT molecular complexity index is 459. The van der Waals surface area contributed by atoms with Gasteiger partial charge in [-0.1, -0.05) is 12.1 Å². The highest BCUT2D eigenvalue weighted by Crippen LogP contribution is 2.13. The molecule has 0 bridgehead atoms. The van der Waals surface area contributed by atoms with Crippen LogP contribution in [0.15, 0.2) is 42.6 Å². The molecular formula is C14H18N2O. The molecule has 2 aromatic rings. The Morgan fingerprint density at radius 1 is 1.18 bits per heavy atom. The van der Waals surface area contributed by atoms with Crippen LogP contribution in [-0.4, -0.2) is 18.2 Å². The zero-order valence-corrected chi connectivity index (χ0v) is 10.1. The summed E-state index contributed by atoms with van der Waals surface area (Å²) in [5.41, 5.74) is 8.14. The monoisotopic (exact) mass is 230 g/mol. The smallest absolute Gasteiger partial charge is 0.118 e. The summed E-state index contributed by atoms with van der Waals surface area (Å²) in [5, 5.41) is 0. The van der Waals surface area contributed by atoms with E-state index < -0.39 is 0 Å². The van der Waals surface area contributed by atoms with E-state index in [1.54, 1.807) is 7.11 Å². The van der Waals surface area contributed by atoms with Crippen LogP contribution in [0.4, 0.5) is 0 Å². The van der Waals surface area contributed by atoms with Crippen molar-refractivity contribution >= 4 is 0 Å². The zero-order chi connectivity index (χ0) is 12.1. The lowest BCUT2D eigenvalue weighted by Crippen LogP contribution is -2.09. The van der Waals surface area contributed by atoms with Gasteiger partial charge in [0.1, 0.15) is 5.75 Å². The van der Waals surface area contributed by atoms with E-state index in [1.165, 1.54) is 11.3 Å². The van der Waals surface area contributed by atoms with Crippen LogP contribution in [0.3, 0.4) is 0 Å². The third-order valence-corrected chi connectivity index (χ3v) is 2.84. The van der Waals surface area contributed by atoms with Gasteiger partial charge in [-0.3, -0.25) is 0 Å². The van der Waals surface area contributed by atoms with Crippen molar-refractivity contribution in [3.8, 4) is 5.75 Å². The molecule has 0 saturated carbocycles. The quantitative estimate of drug-likeness (QED) is 0.854. The molecule has 17 heavy (non-hydrogen) atoms. The molecular weight excluding hydrogens is 212 g/mol. The Hall–Kier alpha value is -1.74. The lowest BCUT2D eigenvalue weighted by molar-refractivity contribution is 0.414. The second-order valence-corrected chi connectivity index (χ2v) is 4.01. The summed E-state index contributed by atoms with van der Waals surface area (Å²) >= 11 is 0. The fraction of sp³-hybridized carbons (Fsp3) is 0.286. The van der Waals surface area contributed by atoms with E-state index in [2.05, 4.69) is 35.0 Å². The molecule has 3 nitrogen and oxygen atoms in total. The first-order chi connectivity index (χ1) is 8.33. The molecule has 1 aromatic carbocycles. The minimum Gasteiger partial charge on any atom is -0.497 e. The number of nitrogens with zero attached hydrogens (tertiary/aromatic N) is 1. The van der Waals surface area contributed by atoms with Crippen LogP contribution in [0, 0.1) is 0 Å². The second-order valence-electron chi connectivity index (χ2n) is 4.01. The van der Waals surface area contributed by atoms with Gasteiger partial charge in [-0.15, -0.1) is 0 Å². The molecule has 0 saturated heterocycles. The molecule has 0 spiro atoms. The van der Waals surface area contributed by atoms with Crippen molar-refractivity contribution in [1.82, 2.24) is 4.57 Å². The van der Waals surface area contributed by atoms with Gasteiger partial charge in [-0.25, -0.2) is 0 Å². The van der Waals surface area contributed by atoms with Gasteiger partial charge < -0.3 is 15.0 Å². The van der Waals surface area contributed by atoms with Crippen molar-refractivity contribution in [2.45, 2.75) is 13.0 Å². The number of rotatable bonds is 5.